The zero-order chi connectivity index (χ0) is 13.1. The average Bonchev–Trinajstić information content (AvgIpc) is 2.10. The summed E-state index contributed by atoms with van der Waals surface area (Å²) >= 11 is 0. The fraction of sp³-hybridized carbons (Fsp3) is 0.385. The minimum atomic E-state index is -1.60. The molecule has 94 valence electrons. The highest BCUT2D eigenvalue weighted by Crippen LogP contribution is 2.13. The summed E-state index contributed by atoms with van der Waals surface area (Å²) in [4.78, 5) is 0. The summed E-state index contributed by atoms with van der Waals surface area (Å²) in [6, 6.07) is 3.54. The van der Waals surface area contributed by atoms with E-state index < -0.39 is 20.0 Å². The van der Waals surface area contributed by atoms with Crippen LogP contribution in [0, 0.1) is 11.6 Å². The summed E-state index contributed by atoms with van der Waals surface area (Å²) in [5.74, 6) is -0.275. The van der Waals surface area contributed by atoms with Crippen molar-refractivity contribution in [3.63, 3.8) is 0 Å². The number of benzene rings is 1. The van der Waals surface area contributed by atoms with Crippen LogP contribution in [0.15, 0.2) is 30.0 Å². The van der Waals surface area contributed by atoms with Gasteiger partial charge in [-0.05, 0) is 56.8 Å². The minimum Gasteiger partial charge on any atom is -0.548 e. The molecule has 0 aliphatic heterocycles. The van der Waals surface area contributed by atoms with E-state index in [1.54, 1.807) is 0 Å². The third-order valence-corrected chi connectivity index (χ3v) is 2.95. The van der Waals surface area contributed by atoms with Crippen LogP contribution in [0.1, 0.15) is 12.5 Å². The van der Waals surface area contributed by atoms with Gasteiger partial charge in [-0.15, -0.1) is 0 Å². The topological polar surface area (TPSA) is 9.23 Å². The van der Waals surface area contributed by atoms with Gasteiger partial charge in [-0.2, -0.15) is 0 Å². The molecule has 0 amide bonds. The van der Waals surface area contributed by atoms with Crippen LogP contribution in [0.3, 0.4) is 0 Å². The maximum atomic E-state index is 12.9. The van der Waals surface area contributed by atoms with Crippen LogP contribution in [0.25, 0.3) is 0 Å². The lowest BCUT2D eigenvalue weighted by molar-refractivity contribution is 0.422. The van der Waals surface area contributed by atoms with Gasteiger partial charge in [0.2, 0.25) is 8.32 Å². The van der Waals surface area contributed by atoms with Gasteiger partial charge in [0.25, 0.3) is 0 Å². The molecule has 0 unspecified atom stereocenters. The maximum absolute atomic E-state index is 12.9. The average molecular weight is 256 g/mol. The van der Waals surface area contributed by atoms with Crippen LogP contribution in [0.2, 0.25) is 19.6 Å². The van der Waals surface area contributed by atoms with Crippen LogP contribution >= 0.6 is 0 Å². The molecule has 0 atom stereocenters. The Bertz CT molecular complexity index is 402. The summed E-state index contributed by atoms with van der Waals surface area (Å²) in [6.07, 6.45) is 2.33. The standard InChI is InChI=1S/C13H18F2OSi/c1-10(16-17(2,3)4)5-6-11-7-12(14)9-13(15)8-11/h5,7-9H,6H2,1-4H3/b10-5+. The van der Waals surface area contributed by atoms with Crippen molar-refractivity contribution in [3.05, 3.63) is 47.2 Å². The van der Waals surface area contributed by atoms with Crippen LogP contribution in [-0.4, -0.2) is 8.32 Å². The van der Waals surface area contributed by atoms with Gasteiger partial charge >= 0.3 is 0 Å². The van der Waals surface area contributed by atoms with E-state index in [4.69, 9.17) is 4.43 Å². The van der Waals surface area contributed by atoms with Gasteiger partial charge in [-0.1, -0.05) is 0 Å². The summed E-state index contributed by atoms with van der Waals surface area (Å²) in [7, 11) is -1.60. The lowest BCUT2D eigenvalue weighted by Crippen LogP contribution is -2.24. The van der Waals surface area contributed by atoms with Crippen molar-refractivity contribution in [1.82, 2.24) is 0 Å². The largest absolute Gasteiger partial charge is 0.548 e. The molecule has 4 heteroatoms. The maximum Gasteiger partial charge on any atom is 0.241 e. The van der Waals surface area contributed by atoms with Gasteiger partial charge in [-0.25, -0.2) is 8.78 Å². The Morgan fingerprint density at radius 3 is 2.18 bits per heavy atom. The van der Waals surface area contributed by atoms with E-state index in [9.17, 15) is 8.78 Å². The molecular weight excluding hydrogens is 238 g/mol. The van der Waals surface area contributed by atoms with E-state index >= 15 is 0 Å². The first-order chi connectivity index (χ1) is 7.76. The Labute approximate surface area is 102 Å². The van der Waals surface area contributed by atoms with E-state index in [-0.39, 0.29) is 0 Å². The van der Waals surface area contributed by atoms with Crippen LogP contribution in [0.4, 0.5) is 8.78 Å². The van der Waals surface area contributed by atoms with Gasteiger partial charge in [0.15, 0.2) is 0 Å². The van der Waals surface area contributed by atoms with Crippen LogP contribution in [-0.2, 0) is 10.8 Å². The summed E-state index contributed by atoms with van der Waals surface area (Å²) < 4.78 is 31.6. The monoisotopic (exact) mass is 256 g/mol. The third-order valence-electron chi connectivity index (χ3n) is 2.01. The Kier molecular flexibility index (Phi) is 4.45. The van der Waals surface area contributed by atoms with E-state index in [2.05, 4.69) is 19.6 Å². The smallest absolute Gasteiger partial charge is 0.241 e. The van der Waals surface area contributed by atoms with E-state index in [1.807, 2.05) is 13.0 Å². The molecule has 17 heavy (non-hydrogen) atoms. The highest BCUT2D eigenvalue weighted by molar-refractivity contribution is 6.70. The van der Waals surface area contributed by atoms with Gasteiger partial charge in [0, 0.05) is 6.07 Å². The Morgan fingerprint density at radius 2 is 1.71 bits per heavy atom. The van der Waals surface area contributed by atoms with Crippen molar-refractivity contribution in [1.29, 1.82) is 0 Å². The van der Waals surface area contributed by atoms with Crippen molar-refractivity contribution in [3.8, 4) is 0 Å². The molecule has 1 aromatic carbocycles. The molecule has 0 aromatic heterocycles. The van der Waals surface area contributed by atoms with Crippen LogP contribution in [0.5, 0.6) is 0 Å². The molecule has 0 spiro atoms. The fourth-order valence-corrected chi connectivity index (χ4v) is 2.56. The normalized spacial score (nSPS) is 12.7. The summed E-state index contributed by atoms with van der Waals surface area (Å²) in [5.41, 5.74) is 0.612. The molecule has 1 rings (SSSR count). The first kappa shape index (κ1) is 13.9. The zero-order valence-electron chi connectivity index (χ0n) is 10.7. The number of hydrogen-bond acceptors (Lipinski definition) is 1. The predicted octanol–water partition coefficient (Wildman–Crippen LogP) is 4.26. The van der Waals surface area contributed by atoms with Gasteiger partial charge in [0.1, 0.15) is 11.6 Å². The second-order valence-electron chi connectivity index (χ2n) is 5.01. The third kappa shape index (κ3) is 5.63. The Morgan fingerprint density at radius 1 is 1.18 bits per heavy atom. The first-order valence-electron chi connectivity index (χ1n) is 5.57. The molecule has 1 nitrogen and oxygen atoms in total. The molecule has 0 fully saturated rings. The van der Waals surface area contributed by atoms with Gasteiger partial charge in [-0.3, -0.25) is 0 Å². The number of rotatable bonds is 4. The highest BCUT2D eigenvalue weighted by Gasteiger charge is 2.15. The van der Waals surface area contributed by atoms with Crippen molar-refractivity contribution < 1.29 is 13.2 Å². The number of allylic oxidation sites excluding steroid dienone is 2. The predicted molar refractivity (Wildman–Crippen MR) is 68.3 cm³/mol. The van der Waals surface area contributed by atoms with Crippen molar-refractivity contribution in [2.75, 3.05) is 0 Å². The molecular formula is C13H18F2OSi. The van der Waals surface area contributed by atoms with Crippen molar-refractivity contribution in [2.45, 2.75) is 33.0 Å². The zero-order valence-corrected chi connectivity index (χ0v) is 11.7. The highest BCUT2D eigenvalue weighted by atomic mass is 28.4. The SMILES string of the molecule is C/C(=C\Cc1cc(F)cc(F)c1)O[Si](C)(C)C. The quantitative estimate of drug-likeness (QED) is 0.577. The second-order valence-corrected chi connectivity index (χ2v) is 9.44. The molecule has 0 saturated heterocycles. The molecule has 0 aliphatic rings. The van der Waals surface area contributed by atoms with Gasteiger partial charge in [0.05, 0.1) is 5.76 Å². The Balaban J connectivity index is 2.69. The van der Waals surface area contributed by atoms with Crippen LogP contribution < -0.4 is 0 Å². The lowest BCUT2D eigenvalue weighted by Gasteiger charge is -2.19. The molecule has 0 saturated carbocycles. The summed E-state index contributed by atoms with van der Waals surface area (Å²) in [5, 5.41) is 0. The molecule has 0 aliphatic carbocycles. The van der Waals surface area contributed by atoms with Crippen molar-refractivity contribution >= 4 is 8.32 Å². The molecule has 0 bridgehead atoms. The number of hydrogen-bond donors (Lipinski definition) is 0. The van der Waals surface area contributed by atoms with Crippen molar-refractivity contribution in [2.24, 2.45) is 0 Å². The molecule has 0 N–H and O–H groups in total. The first-order valence-corrected chi connectivity index (χ1v) is 8.98. The van der Waals surface area contributed by atoms with E-state index in [1.165, 1.54) is 12.1 Å². The minimum absolute atomic E-state index is 0.477. The number of halogens is 2. The second kappa shape index (κ2) is 5.45. The fourth-order valence-electron chi connectivity index (χ4n) is 1.52. The van der Waals surface area contributed by atoms with E-state index in [0.717, 1.165) is 11.8 Å². The van der Waals surface area contributed by atoms with E-state index in [0.29, 0.717) is 12.0 Å². The van der Waals surface area contributed by atoms with Gasteiger partial charge < -0.3 is 4.43 Å². The summed E-state index contributed by atoms with van der Waals surface area (Å²) in [6.45, 7) is 8.14. The lowest BCUT2D eigenvalue weighted by atomic mass is 10.1. The molecule has 0 heterocycles. The molecule has 0 radical (unpaired) electrons. The Hall–Kier alpha value is -1.16. The molecule has 1 aromatic rings.